The minimum absolute atomic E-state index is 0.142. The van der Waals surface area contributed by atoms with E-state index in [1.807, 2.05) is 17.8 Å². The molecule has 2 aliphatic rings. The van der Waals surface area contributed by atoms with Gasteiger partial charge in [-0.2, -0.15) is 0 Å². The van der Waals surface area contributed by atoms with Crippen LogP contribution in [0.15, 0.2) is 21.7 Å². The second kappa shape index (κ2) is 7.92. The van der Waals surface area contributed by atoms with E-state index in [1.165, 1.54) is 42.7 Å². The van der Waals surface area contributed by atoms with Gasteiger partial charge in [-0.15, -0.1) is 0 Å². The molecule has 0 atom stereocenters. The summed E-state index contributed by atoms with van der Waals surface area (Å²) in [6.45, 7) is 12.3. The van der Waals surface area contributed by atoms with Crippen LogP contribution < -0.4 is 0 Å². The van der Waals surface area contributed by atoms with E-state index < -0.39 is 0 Å². The fourth-order valence-electron chi connectivity index (χ4n) is 3.55. The third-order valence-electron chi connectivity index (χ3n) is 4.90. The first-order chi connectivity index (χ1) is 10.8. The second-order valence-electron chi connectivity index (χ2n) is 7.99. The molecule has 0 aromatic heterocycles. The van der Waals surface area contributed by atoms with Crippen LogP contribution in [0.3, 0.4) is 0 Å². The van der Waals surface area contributed by atoms with E-state index in [0.717, 1.165) is 24.4 Å². The van der Waals surface area contributed by atoms with Crippen molar-refractivity contribution in [3.8, 4) is 0 Å². The lowest BCUT2D eigenvalue weighted by Crippen LogP contribution is -2.21. The molecule has 0 N–H and O–H groups in total. The van der Waals surface area contributed by atoms with Gasteiger partial charge in [0.15, 0.2) is 5.78 Å². The topological polar surface area (TPSA) is 20.3 Å². The van der Waals surface area contributed by atoms with Crippen LogP contribution in [0.4, 0.5) is 0 Å². The van der Waals surface area contributed by atoms with Gasteiger partial charge in [-0.25, -0.2) is 0 Å². The molecule has 0 bridgehead atoms. The Morgan fingerprint density at radius 3 is 2.48 bits per heavy atom. The largest absolute Gasteiger partial charge is 0.339 e. The second-order valence-corrected chi connectivity index (χ2v) is 9.02. The summed E-state index contributed by atoms with van der Waals surface area (Å²) in [5.74, 6) is 0.625. The normalized spacial score (nSPS) is 22.3. The number of nitrogens with zero attached hydrogens (tertiary/aromatic N) is 1. The minimum Gasteiger partial charge on any atom is -0.339 e. The molecule has 1 aliphatic heterocycles. The molecule has 130 valence electrons. The average Bonchev–Trinajstić information content (AvgIpc) is 2.82. The van der Waals surface area contributed by atoms with Crippen LogP contribution in [0.25, 0.3) is 0 Å². The number of rotatable bonds is 5. The van der Waals surface area contributed by atoms with Crippen molar-refractivity contribution < 1.29 is 4.79 Å². The molecule has 1 fully saturated rings. The van der Waals surface area contributed by atoms with Crippen LogP contribution in [-0.4, -0.2) is 17.2 Å². The van der Waals surface area contributed by atoms with Gasteiger partial charge in [-0.05, 0) is 31.6 Å². The maximum atomic E-state index is 12.7. The van der Waals surface area contributed by atoms with E-state index in [2.05, 4.69) is 39.5 Å². The van der Waals surface area contributed by atoms with Gasteiger partial charge in [0.2, 0.25) is 0 Å². The number of hydrogen-bond donors (Lipinski definition) is 0. The van der Waals surface area contributed by atoms with Gasteiger partial charge in [-0.1, -0.05) is 65.1 Å². The minimum atomic E-state index is 0.142. The maximum absolute atomic E-state index is 12.7. The van der Waals surface area contributed by atoms with Gasteiger partial charge < -0.3 is 4.90 Å². The van der Waals surface area contributed by atoms with Gasteiger partial charge in [0, 0.05) is 29.1 Å². The summed E-state index contributed by atoms with van der Waals surface area (Å²) >= 11 is 1.82. The third kappa shape index (κ3) is 4.65. The molecule has 0 spiro atoms. The fraction of sp³-hybridized carbons (Fsp3) is 0.750. The highest BCUT2D eigenvalue weighted by Crippen LogP contribution is 2.49. The van der Waals surface area contributed by atoms with Crippen molar-refractivity contribution in [2.45, 2.75) is 79.6 Å². The summed E-state index contributed by atoms with van der Waals surface area (Å²) in [6.07, 6.45) is 10.2. The predicted molar refractivity (Wildman–Crippen MR) is 101 cm³/mol. The van der Waals surface area contributed by atoms with Crippen molar-refractivity contribution in [1.82, 2.24) is 4.90 Å². The van der Waals surface area contributed by atoms with Crippen molar-refractivity contribution in [3.05, 3.63) is 21.7 Å². The van der Waals surface area contributed by atoms with Crippen molar-refractivity contribution in [1.29, 1.82) is 0 Å². The molecule has 3 heteroatoms. The Hall–Kier alpha value is -0.700. The Bertz CT molecular complexity index is 492. The Balaban J connectivity index is 2.19. The molecule has 1 saturated carbocycles. The Kier molecular flexibility index (Phi) is 6.41. The van der Waals surface area contributed by atoms with E-state index in [4.69, 9.17) is 0 Å². The lowest BCUT2D eigenvalue weighted by Gasteiger charge is -2.23. The average molecular weight is 336 g/mol. The van der Waals surface area contributed by atoms with E-state index in [9.17, 15) is 4.79 Å². The highest BCUT2D eigenvalue weighted by atomic mass is 32.2. The molecular weight excluding hydrogens is 302 g/mol. The summed E-state index contributed by atoms with van der Waals surface area (Å²) in [5, 5.41) is 1.16. The summed E-state index contributed by atoms with van der Waals surface area (Å²) < 4.78 is 0. The smallest absolute Gasteiger partial charge is 0.161 e. The van der Waals surface area contributed by atoms with Gasteiger partial charge in [-0.3, -0.25) is 4.79 Å². The first kappa shape index (κ1) is 18.6. The van der Waals surface area contributed by atoms with E-state index in [0.29, 0.717) is 5.78 Å². The molecule has 0 radical (unpaired) electrons. The van der Waals surface area contributed by atoms with Crippen molar-refractivity contribution in [2.75, 3.05) is 6.54 Å². The van der Waals surface area contributed by atoms with E-state index in [-0.39, 0.29) is 11.3 Å². The first-order valence-corrected chi connectivity index (χ1v) is 10.1. The van der Waals surface area contributed by atoms with Gasteiger partial charge in [0.25, 0.3) is 0 Å². The summed E-state index contributed by atoms with van der Waals surface area (Å²) in [7, 11) is 0. The zero-order valence-corrected chi connectivity index (χ0v) is 16.4. The van der Waals surface area contributed by atoms with Crippen molar-refractivity contribution in [3.63, 3.8) is 0 Å². The molecule has 0 amide bonds. The molecule has 1 aliphatic carbocycles. The first-order valence-electron chi connectivity index (χ1n) is 9.27. The molecule has 0 aromatic rings. The molecule has 0 saturated heterocycles. The summed E-state index contributed by atoms with van der Waals surface area (Å²) in [6, 6.07) is 0. The molecule has 0 unspecified atom stereocenters. The van der Waals surface area contributed by atoms with Crippen LogP contribution in [0.5, 0.6) is 0 Å². The van der Waals surface area contributed by atoms with Crippen LogP contribution in [0.2, 0.25) is 0 Å². The molecule has 2 rings (SSSR count). The van der Waals surface area contributed by atoms with Crippen LogP contribution in [0.1, 0.15) is 79.6 Å². The third-order valence-corrected chi connectivity index (χ3v) is 6.56. The predicted octanol–water partition coefficient (Wildman–Crippen LogP) is 6.10. The summed E-state index contributed by atoms with van der Waals surface area (Å²) in [4.78, 5) is 16.5. The zero-order valence-electron chi connectivity index (χ0n) is 15.6. The van der Waals surface area contributed by atoms with Crippen LogP contribution in [0, 0.1) is 11.3 Å². The standard InChI is InChI=1S/C20H33NOS/c1-6-7-13-21-15(2)19(20(3,4)5)23-18(21)14-17(22)16-11-9-8-10-12-16/h14,16H,6-13H2,1-5H3. The number of thioether (sulfide) groups is 1. The Labute approximate surface area is 146 Å². The van der Waals surface area contributed by atoms with Crippen LogP contribution in [-0.2, 0) is 4.79 Å². The highest BCUT2D eigenvalue weighted by Gasteiger charge is 2.32. The van der Waals surface area contributed by atoms with Crippen molar-refractivity contribution >= 4 is 17.5 Å². The summed E-state index contributed by atoms with van der Waals surface area (Å²) in [5.41, 5.74) is 1.49. The van der Waals surface area contributed by atoms with Gasteiger partial charge in [0.1, 0.15) is 0 Å². The lowest BCUT2D eigenvalue weighted by atomic mass is 9.86. The Morgan fingerprint density at radius 1 is 1.26 bits per heavy atom. The number of carbonyl (C=O) groups is 1. The number of allylic oxidation sites excluding steroid dienone is 3. The number of hydrogen-bond acceptors (Lipinski definition) is 3. The number of unbranched alkanes of at least 4 members (excludes halogenated alkanes) is 1. The highest BCUT2D eigenvalue weighted by molar-refractivity contribution is 8.07. The number of carbonyl (C=O) groups excluding carboxylic acids is 1. The van der Waals surface area contributed by atoms with Gasteiger partial charge >= 0.3 is 0 Å². The van der Waals surface area contributed by atoms with Crippen LogP contribution >= 0.6 is 11.8 Å². The molecule has 1 heterocycles. The molecule has 0 aromatic carbocycles. The monoisotopic (exact) mass is 335 g/mol. The zero-order chi connectivity index (χ0) is 17.0. The lowest BCUT2D eigenvalue weighted by molar-refractivity contribution is -0.119. The SMILES string of the molecule is CCCCN1C(=CC(=O)C2CCCCC2)SC(C(C)(C)C)=C1C. The van der Waals surface area contributed by atoms with E-state index in [1.54, 1.807) is 0 Å². The number of ketones is 1. The van der Waals surface area contributed by atoms with E-state index >= 15 is 0 Å². The quantitative estimate of drug-likeness (QED) is 0.566. The maximum Gasteiger partial charge on any atom is 0.161 e. The molecular formula is C20H33NOS. The molecule has 23 heavy (non-hydrogen) atoms. The van der Waals surface area contributed by atoms with Crippen molar-refractivity contribution in [2.24, 2.45) is 11.3 Å². The fourth-order valence-corrected chi connectivity index (χ4v) is 4.83. The van der Waals surface area contributed by atoms with Gasteiger partial charge in [0.05, 0.1) is 5.03 Å². The molecule has 2 nitrogen and oxygen atoms in total. The Morgan fingerprint density at radius 2 is 1.91 bits per heavy atom.